The van der Waals surface area contributed by atoms with Crippen molar-refractivity contribution in [3.05, 3.63) is 24.3 Å². The van der Waals surface area contributed by atoms with Crippen molar-refractivity contribution in [3.63, 3.8) is 0 Å². The highest BCUT2D eigenvalue weighted by Gasteiger charge is 2.22. The van der Waals surface area contributed by atoms with Gasteiger partial charge in [-0.3, -0.25) is 9.69 Å². The highest BCUT2D eigenvalue weighted by Crippen LogP contribution is 2.23. The van der Waals surface area contributed by atoms with Gasteiger partial charge in [-0.05, 0) is 51.0 Å². The Morgan fingerprint density at radius 2 is 2.04 bits per heavy atom. The smallest absolute Gasteiger partial charge is 0.238 e. The highest BCUT2D eigenvalue weighted by atomic mass is 35.5. The largest absolute Gasteiger partial charge is 0.495 e. The van der Waals surface area contributed by atoms with E-state index in [1.807, 2.05) is 24.3 Å². The molecule has 6 heteroatoms. The summed E-state index contributed by atoms with van der Waals surface area (Å²) in [5.41, 5.74) is 0.733. The number of para-hydroxylation sites is 2. The number of nitrogens with zero attached hydrogens (tertiary/aromatic N) is 1. The molecular weight excluding hydrogens is 314 g/mol. The van der Waals surface area contributed by atoms with Gasteiger partial charge in [0.1, 0.15) is 5.75 Å². The number of methoxy groups -OCH3 is 1. The van der Waals surface area contributed by atoms with Crippen LogP contribution in [0.1, 0.15) is 26.2 Å². The van der Waals surface area contributed by atoms with Crippen LogP contribution < -0.4 is 15.4 Å². The molecule has 1 saturated heterocycles. The molecule has 1 aliphatic heterocycles. The fraction of sp³-hybridized carbons (Fsp3) is 0.588. The maximum absolute atomic E-state index is 12.4. The molecule has 1 aromatic carbocycles. The molecule has 0 radical (unpaired) electrons. The summed E-state index contributed by atoms with van der Waals surface area (Å²) in [6, 6.07) is 8.02. The fourth-order valence-electron chi connectivity index (χ4n) is 2.97. The summed E-state index contributed by atoms with van der Waals surface area (Å²) >= 11 is 0. The number of ether oxygens (including phenoxy) is 1. The van der Waals surface area contributed by atoms with Crippen LogP contribution in [0.2, 0.25) is 0 Å². The highest BCUT2D eigenvalue weighted by molar-refractivity contribution is 5.93. The predicted octanol–water partition coefficient (Wildman–Crippen LogP) is 2.52. The van der Waals surface area contributed by atoms with Gasteiger partial charge in [-0.15, -0.1) is 12.4 Å². The van der Waals surface area contributed by atoms with Crippen molar-refractivity contribution < 1.29 is 9.53 Å². The Kier molecular flexibility index (Phi) is 8.99. The Balaban J connectivity index is 0.00000264. The summed E-state index contributed by atoms with van der Waals surface area (Å²) in [6.45, 7) is 5.64. The molecule has 0 aromatic heterocycles. The molecule has 1 aromatic rings. The number of hydrogen-bond acceptors (Lipinski definition) is 4. The molecule has 1 heterocycles. The second-order valence-electron chi connectivity index (χ2n) is 5.70. The molecule has 1 fully saturated rings. The van der Waals surface area contributed by atoms with E-state index < -0.39 is 0 Å². The van der Waals surface area contributed by atoms with Crippen LogP contribution in [0.25, 0.3) is 0 Å². The first-order valence-electron chi connectivity index (χ1n) is 8.12. The SMILES string of the molecule is CCCN(CC(=O)Nc1ccccc1OC)C1CCNCC1.Cl. The zero-order chi connectivity index (χ0) is 15.8. The van der Waals surface area contributed by atoms with E-state index in [-0.39, 0.29) is 18.3 Å². The number of hydrogen-bond donors (Lipinski definition) is 2. The van der Waals surface area contributed by atoms with Gasteiger partial charge in [-0.25, -0.2) is 0 Å². The average molecular weight is 342 g/mol. The van der Waals surface area contributed by atoms with E-state index in [1.54, 1.807) is 7.11 Å². The molecule has 0 unspecified atom stereocenters. The van der Waals surface area contributed by atoms with Gasteiger partial charge in [0, 0.05) is 6.04 Å². The second kappa shape index (κ2) is 10.5. The first kappa shape index (κ1) is 19.7. The number of rotatable bonds is 7. The third-order valence-electron chi connectivity index (χ3n) is 4.06. The van der Waals surface area contributed by atoms with Crippen molar-refractivity contribution in [1.82, 2.24) is 10.2 Å². The normalized spacial score (nSPS) is 15.1. The van der Waals surface area contributed by atoms with Gasteiger partial charge in [0.15, 0.2) is 0 Å². The summed E-state index contributed by atoms with van der Waals surface area (Å²) in [7, 11) is 1.61. The molecule has 0 saturated carbocycles. The first-order valence-corrected chi connectivity index (χ1v) is 8.12. The van der Waals surface area contributed by atoms with Gasteiger partial charge in [-0.1, -0.05) is 19.1 Å². The average Bonchev–Trinajstić information content (AvgIpc) is 2.56. The summed E-state index contributed by atoms with van der Waals surface area (Å²) < 4.78 is 5.28. The number of benzene rings is 1. The van der Waals surface area contributed by atoms with Crippen LogP contribution in [0, 0.1) is 0 Å². The van der Waals surface area contributed by atoms with Crippen molar-refractivity contribution in [1.29, 1.82) is 0 Å². The molecular formula is C17H28ClN3O2. The van der Waals surface area contributed by atoms with E-state index in [2.05, 4.69) is 22.5 Å². The Hall–Kier alpha value is -1.30. The van der Waals surface area contributed by atoms with Crippen molar-refractivity contribution in [3.8, 4) is 5.75 Å². The Morgan fingerprint density at radius 3 is 2.70 bits per heavy atom. The molecule has 5 nitrogen and oxygen atoms in total. The van der Waals surface area contributed by atoms with Gasteiger partial charge >= 0.3 is 0 Å². The van der Waals surface area contributed by atoms with Crippen LogP contribution in [0.4, 0.5) is 5.69 Å². The van der Waals surface area contributed by atoms with Crippen LogP contribution >= 0.6 is 12.4 Å². The lowest BCUT2D eigenvalue weighted by Gasteiger charge is -2.34. The van der Waals surface area contributed by atoms with Crippen LogP contribution in [-0.4, -0.2) is 50.1 Å². The van der Waals surface area contributed by atoms with E-state index in [0.29, 0.717) is 18.3 Å². The third-order valence-corrected chi connectivity index (χ3v) is 4.06. The summed E-state index contributed by atoms with van der Waals surface area (Å²) in [6.07, 6.45) is 3.29. The van der Waals surface area contributed by atoms with E-state index in [4.69, 9.17) is 4.74 Å². The lowest BCUT2D eigenvalue weighted by atomic mass is 10.0. The molecule has 130 valence electrons. The molecule has 0 atom stereocenters. The molecule has 1 amide bonds. The van der Waals surface area contributed by atoms with Crippen molar-refractivity contribution in [2.24, 2.45) is 0 Å². The minimum atomic E-state index is 0. The van der Waals surface area contributed by atoms with Crippen molar-refractivity contribution in [2.45, 2.75) is 32.2 Å². The molecule has 0 bridgehead atoms. The lowest BCUT2D eigenvalue weighted by molar-refractivity contribution is -0.118. The van der Waals surface area contributed by atoms with Gasteiger partial charge < -0.3 is 15.4 Å². The van der Waals surface area contributed by atoms with E-state index in [0.717, 1.165) is 44.6 Å². The van der Waals surface area contributed by atoms with Gasteiger partial charge in [-0.2, -0.15) is 0 Å². The zero-order valence-electron chi connectivity index (χ0n) is 14.0. The lowest BCUT2D eigenvalue weighted by Crippen LogP contribution is -2.46. The third kappa shape index (κ3) is 6.01. The number of nitrogens with one attached hydrogen (secondary N) is 2. The number of anilines is 1. The Labute approximate surface area is 145 Å². The Morgan fingerprint density at radius 1 is 1.35 bits per heavy atom. The monoisotopic (exact) mass is 341 g/mol. The summed E-state index contributed by atoms with van der Waals surface area (Å²) in [5, 5.41) is 6.34. The summed E-state index contributed by atoms with van der Waals surface area (Å²) in [5.74, 6) is 0.719. The van der Waals surface area contributed by atoms with E-state index in [9.17, 15) is 4.79 Å². The maximum Gasteiger partial charge on any atom is 0.238 e. The van der Waals surface area contributed by atoms with Crippen LogP contribution in [0.3, 0.4) is 0 Å². The molecule has 0 aliphatic carbocycles. The number of amides is 1. The quantitative estimate of drug-likeness (QED) is 0.800. The van der Waals surface area contributed by atoms with E-state index in [1.165, 1.54) is 0 Å². The van der Waals surface area contributed by atoms with Crippen LogP contribution in [-0.2, 0) is 4.79 Å². The number of carbonyl (C=O) groups is 1. The molecule has 2 rings (SSSR count). The van der Waals surface area contributed by atoms with Crippen molar-refractivity contribution >= 4 is 24.0 Å². The second-order valence-corrected chi connectivity index (χ2v) is 5.70. The van der Waals surface area contributed by atoms with Gasteiger partial charge in [0.05, 0.1) is 19.3 Å². The van der Waals surface area contributed by atoms with Gasteiger partial charge in [0.25, 0.3) is 0 Å². The van der Waals surface area contributed by atoms with Crippen molar-refractivity contribution in [2.75, 3.05) is 38.6 Å². The number of piperidine rings is 1. The Bertz CT molecular complexity index is 479. The molecule has 2 N–H and O–H groups in total. The predicted molar refractivity (Wildman–Crippen MR) is 96.6 cm³/mol. The van der Waals surface area contributed by atoms with Crippen LogP contribution in [0.15, 0.2) is 24.3 Å². The molecule has 1 aliphatic rings. The summed E-state index contributed by atoms with van der Waals surface area (Å²) in [4.78, 5) is 14.7. The molecule has 0 spiro atoms. The van der Waals surface area contributed by atoms with Crippen LogP contribution in [0.5, 0.6) is 5.75 Å². The van der Waals surface area contributed by atoms with Gasteiger partial charge in [0.2, 0.25) is 5.91 Å². The minimum absolute atomic E-state index is 0. The zero-order valence-corrected chi connectivity index (χ0v) is 14.8. The standard InChI is InChI=1S/C17H27N3O2.ClH/c1-3-12-20(14-8-10-18-11-9-14)13-17(21)19-15-6-4-5-7-16(15)22-2;/h4-7,14,18H,3,8-13H2,1-2H3,(H,19,21);1H. The molecule has 23 heavy (non-hydrogen) atoms. The topological polar surface area (TPSA) is 53.6 Å². The van der Waals surface area contributed by atoms with E-state index >= 15 is 0 Å². The number of halogens is 1. The minimum Gasteiger partial charge on any atom is -0.495 e. The number of carbonyl (C=O) groups excluding carboxylic acids is 1. The maximum atomic E-state index is 12.4. The first-order chi connectivity index (χ1) is 10.7. The fourth-order valence-corrected chi connectivity index (χ4v) is 2.97.